The summed E-state index contributed by atoms with van der Waals surface area (Å²) in [5, 5.41) is 20.8. The van der Waals surface area contributed by atoms with E-state index in [0.29, 0.717) is 5.89 Å². The molecule has 0 aliphatic heterocycles. The lowest BCUT2D eigenvalue weighted by molar-refractivity contribution is -0.387. The van der Waals surface area contributed by atoms with Gasteiger partial charge in [0.1, 0.15) is 0 Å². The number of hydrogen-bond donors (Lipinski definition) is 1. The highest BCUT2D eigenvalue weighted by Gasteiger charge is 2.21. The zero-order valence-corrected chi connectivity index (χ0v) is 15.7. The number of amides is 1. The summed E-state index contributed by atoms with van der Waals surface area (Å²) < 4.78 is 19.0. The van der Waals surface area contributed by atoms with E-state index in [9.17, 15) is 19.3 Å². The van der Waals surface area contributed by atoms with Crippen molar-refractivity contribution < 1.29 is 18.5 Å². The van der Waals surface area contributed by atoms with E-state index in [2.05, 4.69) is 15.5 Å². The van der Waals surface area contributed by atoms with Gasteiger partial charge in [0.05, 0.1) is 10.2 Å². The smallest absolute Gasteiger partial charge is 0.306 e. The topological polar surface area (TPSA) is 111 Å². The minimum Gasteiger partial charge on any atom is -0.411 e. The summed E-state index contributed by atoms with van der Waals surface area (Å²) in [7, 11) is 0. The number of aromatic nitrogens is 2. The summed E-state index contributed by atoms with van der Waals surface area (Å²) in [6, 6.07) is 10.7. The van der Waals surface area contributed by atoms with Crippen LogP contribution in [0, 0.1) is 22.9 Å². The van der Waals surface area contributed by atoms with E-state index in [1.165, 1.54) is 6.07 Å². The predicted molar refractivity (Wildman–Crippen MR) is 101 cm³/mol. The van der Waals surface area contributed by atoms with Crippen LogP contribution in [-0.2, 0) is 4.79 Å². The number of benzene rings is 2. The van der Waals surface area contributed by atoms with Gasteiger partial charge in [0.2, 0.25) is 17.6 Å². The number of nitro groups is 1. The first-order valence-electron chi connectivity index (χ1n) is 8.15. The van der Waals surface area contributed by atoms with Crippen molar-refractivity contribution >= 4 is 29.0 Å². The molecule has 28 heavy (non-hydrogen) atoms. The van der Waals surface area contributed by atoms with Crippen LogP contribution in [0.4, 0.5) is 15.8 Å². The van der Waals surface area contributed by atoms with Gasteiger partial charge in [-0.25, -0.2) is 0 Å². The zero-order valence-electron chi connectivity index (χ0n) is 14.9. The highest BCUT2D eigenvalue weighted by molar-refractivity contribution is 8.00. The van der Waals surface area contributed by atoms with Gasteiger partial charge in [0, 0.05) is 17.3 Å². The lowest BCUT2D eigenvalue weighted by Gasteiger charge is -2.09. The number of aryl methyl sites for hydroxylation is 1. The van der Waals surface area contributed by atoms with Gasteiger partial charge >= 0.3 is 5.69 Å². The molecule has 10 heteroatoms. The Balaban J connectivity index is 1.65. The Labute approximate surface area is 163 Å². The number of anilines is 1. The number of nitrogens with zero attached hydrogens (tertiary/aromatic N) is 3. The van der Waals surface area contributed by atoms with Crippen molar-refractivity contribution in [3.63, 3.8) is 0 Å². The fourth-order valence-corrected chi connectivity index (χ4v) is 2.93. The van der Waals surface area contributed by atoms with Gasteiger partial charge in [-0.05, 0) is 38.1 Å². The molecule has 1 amide bonds. The molecule has 0 spiro atoms. The Morgan fingerprint density at radius 2 is 1.96 bits per heavy atom. The summed E-state index contributed by atoms with van der Waals surface area (Å²) in [5.41, 5.74) is 1.28. The molecule has 0 saturated carbocycles. The number of nitro benzene ring substituents is 1. The molecule has 8 nitrogen and oxygen atoms in total. The highest BCUT2D eigenvalue weighted by Crippen LogP contribution is 2.27. The molecule has 0 aliphatic rings. The fourth-order valence-electron chi connectivity index (χ4n) is 2.25. The molecule has 1 atom stereocenters. The van der Waals surface area contributed by atoms with Gasteiger partial charge in [0.15, 0.2) is 0 Å². The molecule has 0 saturated heterocycles. The largest absolute Gasteiger partial charge is 0.411 e. The van der Waals surface area contributed by atoms with Crippen molar-refractivity contribution in [1.29, 1.82) is 0 Å². The van der Waals surface area contributed by atoms with E-state index in [1.807, 2.05) is 31.2 Å². The Morgan fingerprint density at radius 1 is 1.25 bits per heavy atom. The van der Waals surface area contributed by atoms with E-state index < -0.39 is 27.6 Å². The maximum atomic E-state index is 13.4. The number of halogens is 1. The van der Waals surface area contributed by atoms with Crippen molar-refractivity contribution in [2.45, 2.75) is 24.3 Å². The van der Waals surface area contributed by atoms with E-state index in [-0.39, 0.29) is 10.9 Å². The number of nitrogens with one attached hydrogen (secondary N) is 1. The van der Waals surface area contributed by atoms with Crippen molar-refractivity contribution in [3.8, 4) is 11.5 Å². The molecule has 0 radical (unpaired) electrons. The fraction of sp³-hybridized carbons (Fsp3) is 0.167. The molecule has 1 N–H and O–H groups in total. The van der Waals surface area contributed by atoms with Crippen LogP contribution >= 0.6 is 11.8 Å². The van der Waals surface area contributed by atoms with Crippen molar-refractivity contribution in [2.24, 2.45) is 0 Å². The van der Waals surface area contributed by atoms with E-state index >= 15 is 0 Å². The molecule has 0 aliphatic carbocycles. The zero-order chi connectivity index (χ0) is 20.3. The normalized spacial score (nSPS) is 11.8. The van der Waals surface area contributed by atoms with E-state index in [1.54, 1.807) is 6.92 Å². The Kier molecular flexibility index (Phi) is 5.69. The average Bonchev–Trinajstić information content (AvgIpc) is 3.12. The second kappa shape index (κ2) is 8.17. The highest BCUT2D eigenvalue weighted by atomic mass is 32.2. The lowest BCUT2D eigenvalue weighted by atomic mass is 10.1. The molecule has 144 valence electrons. The monoisotopic (exact) mass is 402 g/mol. The number of rotatable bonds is 6. The molecule has 0 bridgehead atoms. The summed E-state index contributed by atoms with van der Waals surface area (Å²) in [6.45, 7) is 3.59. The van der Waals surface area contributed by atoms with Crippen LogP contribution in [0.25, 0.3) is 11.5 Å². The molecule has 0 unspecified atom stereocenters. The quantitative estimate of drug-likeness (QED) is 0.373. The van der Waals surface area contributed by atoms with Gasteiger partial charge in [-0.1, -0.05) is 29.5 Å². The molecule has 1 aromatic heterocycles. The second-order valence-electron chi connectivity index (χ2n) is 5.91. The van der Waals surface area contributed by atoms with Gasteiger partial charge in [-0.15, -0.1) is 10.2 Å². The van der Waals surface area contributed by atoms with E-state index in [0.717, 1.165) is 35.0 Å². The van der Waals surface area contributed by atoms with Gasteiger partial charge in [-0.3, -0.25) is 14.9 Å². The lowest BCUT2D eigenvalue weighted by Crippen LogP contribution is -2.22. The van der Waals surface area contributed by atoms with E-state index in [4.69, 9.17) is 4.42 Å². The predicted octanol–water partition coefficient (Wildman–Crippen LogP) is 4.21. The first-order valence-corrected chi connectivity index (χ1v) is 9.03. The standard InChI is InChI=1S/C18H15FN4O4S/c1-10-3-5-12(6-4-10)17-21-22-18(27-17)28-11(2)16(24)20-13-7-8-14(19)15(9-13)23(25)26/h3-9,11H,1-2H3,(H,20,24)/t11-/m0/s1. The molecule has 1 heterocycles. The molecule has 0 fully saturated rings. The van der Waals surface area contributed by atoms with Crippen LogP contribution in [0.1, 0.15) is 12.5 Å². The van der Waals surface area contributed by atoms with Crippen LogP contribution in [0.15, 0.2) is 52.1 Å². The maximum absolute atomic E-state index is 13.4. The third-order valence-corrected chi connectivity index (χ3v) is 4.70. The van der Waals surface area contributed by atoms with Crippen molar-refractivity contribution in [1.82, 2.24) is 10.2 Å². The number of carbonyl (C=O) groups is 1. The molecule has 3 rings (SSSR count). The molecular formula is C18H15FN4O4S. The first kappa shape index (κ1) is 19.5. The first-order chi connectivity index (χ1) is 13.3. The molecular weight excluding hydrogens is 387 g/mol. The van der Waals surface area contributed by atoms with Crippen LogP contribution in [-0.4, -0.2) is 26.3 Å². The number of hydrogen-bond acceptors (Lipinski definition) is 7. The van der Waals surface area contributed by atoms with Gasteiger partial charge in [-0.2, -0.15) is 4.39 Å². The molecule has 3 aromatic rings. The van der Waals surface area contributed by atoms with Crippen LogP contribution in [0.3, 0.4) is 0 Å². The minimum atomic E-state index is -0.972. The van der Waals surface area contributed by atoms with Crippen LogP contribution in [0.5, 0.6) is 0 Å². The Bertz CT molecular complexity index is 1020. The molecule has 2 aromatic carbocycles. The SMILES string of the molecule is Cc1ccc(-c2nnc(S[C@@H](C)C(=O)Nc3ccc(F)c([N+](=O)[O-])c3)o2)cc1. The Morgan fingerprint density at radius 3 is 2.64 bits per heavy atom. The van der Waals surface area contributed by atoms with Crippen molar-refractivity contribution in [3.05, 3.63) is 64.0 Å². The number of carbonyl (C=O) groups excluding carboxylic acids is 1. The summed E-state index contributed by atoms with van der Waals surface area (Å²) in [6.07, 6.45) is 0. The average molecular weight is 402 g/mol. The van der Waals surface area contributed by atoms with Crippen LogP contribution in [0.2, 0.25) is 0 Å². The van der Waals surface area contributed by atoms with Crippen molar-refractivity contribution in [2.75, 3.05) is 5.32 Å². The van der Waals surface area contributed by atoms with Gasteiger partial charge in [0.25, 0.3) is 5.22 Å². The summed E-state index contributed by atoms with van der Waals surface area (Å²) in [4.78, 5) is 22.3. The minimum absolute atomic E-state index is 0.122. The summed E-state index contributed by atoms with van der Waals surface area (Å²) >= 11 is 1.04. The second-order valence-corrected chi connectivity index (χ2v) is 7.20. The summed E-state index contributed by atoms with van der Waals surface area (Å²) in [5.74, 6) is -1.08. The third kappa shape index (κ3) is 4.52. The maximum Gasteiger partial charge on any atom is 0.306 e. The van der Waals surface area contributed by atoms with Crippen LogP contribution < -0.4 is 5.32 Å². The Hall–Kier alpha value is -3.27. The third-order valence-electron chi connectivity index (χ3n) is 3.76. The number of thioether (sulfide) groups is 1. The van der Waals surface area contributed by atoms with Gasteiger partial charge < -0.3 is 9.73 Å².